The zero-order valence-electron chi connectivity index (χ0n) is 10.2. The number of hydrogen-bond donors (Lipinski definition) is 1. The monoisotopic (exact) mass is 291 g/mol. The molecule has 0 amide bonds. The molecular weight excluding hydrogens is 277 g/mol. The van der Waals surface area contributed by atoms with Crippen molar-refractivity contribution in [3.8, 4) is 0 Å². The number of nitrogens with two attached hydrogens (primary N) is 1. The fraction of sp³-hybridized carbons (Fsp3) is 0.417. The third-order valence-corrected chi connectivity index (χ3v) is 2.86. The van der Waals surface area contributed by atoms with E-state index in [4.69, 9.17) is 38.4 Å². The number of esters is 1. The van der Waals surface area contributed by atoms with Crippen molar-refractivity contribution in [3.05, 3.63) is 27.7 Å². The van der Waals surface area contributed by atoms with Crippen LogP contribution in [-0.4, -0.2) is 25.3 Å². The van der Waals surface area contributed by atoms with Crippen LogP contribution in [0, 0.1) is 0 Å². The SMILES string of the molecule is CCOCC(C)OC(=O)c1c(Cl)ccc(Cl)c1N. The number of carbonyl (C=O) groups is 1. The van der Waals surface area contributed by atoms with E-state index >= 15 is 0 Å². The van der Waals surface area contributed by atoms with Crippen LogP contribution < -0.4 is 5.73 Å². The van der Waals surface area contributed by atoms with Crippen LogP contribution in [0.5, 0.6) is 0 Å². The summed E-state index contributed by atoms with van der Waals surface area (Å²) in [6, 6.07) is 3.03. The minimum atomic E-state index is -0.604. The number of nitrogen functional groups attached to an aromatic ring is 1. The molecule has 1 aromatic rings. The van der Waals surface area contributed by atoms with Crippen molar-refractivity contribution in [1.29, 1.82) is 0 Å². The van der Waals surface area contributed by atoms with Gasteiger partial charge in [0.2, 0.25) is 0 Å². The average Bonchev–Trinajstić information content (AvgIpc) is 2.31. The Kier molecular flexibility index (Phi) is 5.72. The molecule has 0 bridgehead atoms. The van der Waals surface area contributed by atoms with Gasteiger partial charge in [0.1, 0.15) is 11.7 Å². The number of carbonyl (C=O) groups excluding carboxylic acids is 1. The van der Waals surface area contributed by atoms with E-state index in [2.05, 4.69) is 0 Å². The largest absolute Gasteiger partial charge is 0.457 e. The van der Waals surface area contributed by atoms with E-state index in [9.17, 15) is 4.79 Å². The van der Waals surface area contributed by atoms with Crippen molar-refractivity contribution < 1.29 is 14.3 Å². The lowest BCUT2D eigenvalue weighted by Gasteiger charge is -2.15. The average molecular weight is 292 g/mol. The molecule has 4 nitrogen and oxygen atoms in total. The van der Waals surface area contributed by atoms with Gasteiger partial charge >= 0.3 is 5.97 Å². The van der Waals surface area contributed by atoms with Crippen LogP contribution in [-0.2, 0) is 9.47 Å². The molecule has 0 aliphatic carbocycles. The second-order valence-electron chi connectivity index (χ2n) is 3.69. The lowest BCUT2D eigenvalue weighted by Crippen LogP contribution is -2.21. The van der Waals surface area contributed by atoms with Crippen molar-refractivity contribution >= 4 is 34.9 Å². The molecule has 1 atom stereocenters. The lowest BCUT2D eigenvalue weighted by atomic mass is 10.2. The lowest BCUT2D eigenvalue weighted by molar-refractivity contribution is 0.00451. The minimum Gasteiger partial charge on any atom is -0.457 e. The van der Waals surface area contributed by atoms with Crippen molar-refractivity contribution in [2.24, 2.45) is 0 Å². The molecule has 0 aromatic heterocycles. The molecule has 18 heavy (non-hydrogen) atoms. The molecule has 0 saturated carbocycles. The Morgan fingerprint density at radius 2 is 2.00 bits per heavy atom. The highest BCUT2D eigenvalue weighted by molar-refractivity contribution is 6.38. The van der Waals surface area contributed by atoms with Crippen molar-refractivity contribution in [3.63, 3.8) is 0 Å². The van der Waals surface area contributed by atoms with Gasteiger partial charge in [-0.25, -0.2) is 4.79 Å². The first-order valence-corrected chi connectivity index (χ1v) is 6.25. The fourth-order valence-corrected chi connectivity index (χ4v) is 1.73. The van der Waals surface area contributed by atoms with E-state index in [0.29, 0.717) is 13.2 Å². The van der Waals surface area contributed by atoms with E-state index < -0.39 is 5.97 Å². The summed E-state index contributed by atoms with van der Waals surface area (Å²) in [5, 5.41) is 0.481. The molecule has 0 aliphatic heterocycles. The first kappa shape index (κ1) is 15.1. The summed E-state index contributed by atoms with van der Waals surface area (Å²) < 4.78 is 10.3. The second-order valence-corrected chi connectivity index (χ2v) is 4.51. The van der Waals surface area contributed by atoms with Crippen LogP contribution in [0.4, 0.5) is 5.69 Å². The number of benzene rings is 1. The number of ether oxygens (including phenoxy) is 2. The van der Waals surface area contributed by atoms with Gasteiger partial charge in [0.05, 0.1) is 22.3 Å². The van der Waals surface area contributed by atoms with Gasteiger partial charge in [-0.3, -0.25) is 0 Å². The maximum absolute atomic E-state index is 11.9. The van der Waals surface area contributed by atoms with Gasteiger partial charge in [-0.05, 0) is 26.0 Å². The van der Waals surface area contributed by atoms with Gasteiger partial charge in [0.25, 0.3) is 0 Å². The minimum absolute atomic E-state index is 0.0903. The zero-order chi connectivity index (χ0) is 13.7. The Morgan fingerprint density at radius 1 is 1.39 bits per heavy atom. The normalized spacial score (nSPS) is 12.2. The molecule has 0 radical (unpaired) electrons. The molecule has 1 rings (SSSR count). The Balaban J connectivity index is 2.81. The summed E-state index contributed by atoms with van der Waals surface area (Å²) in [4.78, 5) is 11.9. The van der Waals surface area contributed by atoms with Gasteiger partial charge in [-0.2, -0.15) is 0 Å². The Labute approximate surface area is 116 Å². The van der Waals surface area contributed by atoms with E-state index in [1.807, 2.05) is 6.92 Å². The first-order chi connectivity index (χ1) is 8.47. The van der Waals surface area contributed by atoms with Crippen LogP contribution >= 0.6 is 23.2 Å². The standard InChI is InChI=1S/C12H15Cl2NO3/c1-3-17-6-7(2)18-12(16)10-8(13)4-5-9(14)11(10)15/h4-5,7H,3,6,15H2,1-2H3. The molecule has 0 saturated heterocycles. The third-order valence-electron chi connectivity index (χ3n) is 2.21. The maximum Gasteiger partial charge on any atom is 0.342 e. The van der Waals surface area contributed by atoms with Gasteiger partial charge in [0.15, 0.2) is 0 Å². The predicted octanol–water partition coefficient (Wildman–Crippen LogP) is 3.16. The molecule has 2 N–H and O–H groups in total. The molecule has 0 aliphatic rings. The molecule has 0 heterocycles. The highest BCUT2D eigenvalue weighted by Crippen LogP contribution is 2.30. The van der Waals surface area contributed by atoms with Crippen LogP contribution in [0.1, 0.15) is 24.2 Å². The number of anilines is 1. The molecular formula is C12H15Cl2NO3. The molecule has 6 heteroatoms. The van der Waals surface area contributed by atoms with Crippen molar-refractivity contribution in [2.45, 2.75) is 20.0 Å². The Bertz CT molecular complexity index is 438. The highest BCUT2D eigenvalue weighted by atomic mass is 35.5. The first-order valence-electron chi connectivity index (χ1n) is 5.49. The smallest absolute Gasteiger partial charge is 0.342 e. The highest BCUT2D eigenvalue weighted by Gasteiger charge is 2.20. The maximum atomic E-state index is 11.9. The van der Waals surface area contributed by atoms with E-state index in [1.54, 1.807) is 6.92 Å². The van der Waals surface area contributed by atoms with Crippen molar-refractivity contribution in [1.82, 2.24) is 0 Å². The van der Waals surface area contributed by atoms with Gasteiger partial charge < -0.3 is 15.2 Å². The molecule has 1 aromatic carbocycles. The van der Waals surface area contributed by atoms with Crippen LogP contribution in [0.3, 0.4) is 0 Å². The summed E-state index contributed by atoms with van der Waals surface area (Å²) in [6.07, 6.45) is -0.383. The summed E-state index contributed by atoms with van der Waals surface area (Å²) in [7, 11) is 0. The topological polar surface area (TPSA) is 61.5 Å². The zero-order valence-corrected chi connectivity index (χ0v) is 11.7. The van der Waals surface area contributed by atoms with Gasteiger partial charge in [-0.1, -0.05) is 23.2 Å². The molecule has 0 spiro atoms. The quantitative estimate of drug-likeness (QED) is 0.669. The van der Waals surface area contributed by atoms with Crippen LogP contribution in [0.15, 0.2) is 12.1 Å². The van der Waals surface area contributed by atoms with Crippen molar-refractivity contribution in [2.75, 3.05) is 18.9 Å². The Hall–Kier alpha value is -0.970. The number of halogens is 2. The predicted molar refractivity (Wildman–Crippen MR) is 72.2 cm³/mol. The number of hydrogen-bond acceptors (Lipinski definition) is 4. The van der Waals surface area contributed by atoms with Gasteiger partial charge in [-0.15, -0.1) is 0 Å². The van der Waals surface area contributed by atoms with E-state index in [0.717, 1.165) is 0 Å². The van der Waals surface area contributed by atoms with Crippen LogP contribution in [0.2, 0.25) is 10.0 Å². The van der Waals surface area contributed by atoms with E-state index in [1.165, 1.54) is 12.1 Å². The summed E-state index contributed by atoms with van der Waals surface area (Å²) in [5.41, 5.74) is 5.92. The van der Waals surface area contributed by atoms with Gasteiger partial charge in [0, 0.05) is 6.61 Å². The summed E-state index contributed by atoms with van der Waals surface area (Å²) >= 11 is 11.7. The second kappa shape index (κ2) is 6.83. The number of rotatable bonds is 5. The summed E-state index contributed by atoms with van der Waals surface area (Å²) in [6.45, 7) is 4.46. The summed E-state index contributed by atoms with van der Waals surface area (Å²) in [5.74, 6) is -0.604. The fourth-order valence-electron chi connectivity index (χ4n) is 1.33. The van der Waals surface area contributed by atoms with E-state index in [-0.39, 0.29) is 27.4 Å². The molecule has 1 unspecified atom stereocenters. The Morgan fingerprint density at radius 3 is 2.61 bits per heavy atom. The molecule has 100 valence electrons. The molecule has 0 fully saturated rings. The van der Waals surface area contributed by atoms with Crippen LogP contribution in [0.25, 0.3) is 0 Å². The third kappa shape index (κ3) is 3.77.